The van der Waals surface area contributed by atoms with Crippen LogP contribution in [0.5, 0.6) is 11.5 Å². The van der Waals surface area contributed by atoms with Gasteiger partial charge in [0.25, 0.3) is 0 Å². The zero-order valence-electron chi connectivity index (χ0n) is 16.7. The third kappa shape index (κ3) is 5.70. The Morgan fingerprint density at radius 3 is 1.03 bits per heavy atom. The molecule has 0 saturated heterocycles. The molecule has 174 valence electrons. The average Bonchev–Trinajstić information content (AvgIpc) is 2.42. The van der Waals surface area contributed by atoms with Crippen molar-refractivity contribution in [2.24, 2.45) is 0 Å². The largest absolute Gasteiger partial charge is 0.534 e. The highest BCUT2D eigenvalue weighted by atomic mass is 32.2. The Morgan fingerprint density at radius 1 is 0.633 bits per heavy atom. The molecule has 6 nitrogen and oxygen atoms in total. The maximum atomic E-state index is 12.8. The van der Waals surface area contributed by atoms with Gasteiger partial charge in [-0.1, -0.05) is 39.3 Å². The zero-order chi connectivity index (χ0) is 24.1. The molecule has 0 N–H and O–H groups in total. The van der Waals surface area contributed by atoms with E-state index in [1.54, 1.807) is 39.3 Å². The van der Waals surface area contributed by atoms with Gasteiger partial charge in [0.05, 0.1) is 16.1 Å². The van der Waals surface area contributed by atoms with Gasteiger partial charge in [-0.2, -0.15) is 43.2 Å². The summed E-state index contributed by atoms with van der Waals surface area (Å²) in [6, 6.07) is 1.34. The van der Waals surface area contributed by atoms with Crippen LogP contribution in [0.3, 0.4) is 0 Å². The quantitative estimate of drug-likeness (QED) is 0.249. The molecule has 0 fully saturated rings. The Labute approximate surface area is 172 Å². The first kappa shape index (κ1) is 26.8. The van der Waals surface area contributed by atoms with Gasteiger partial charge in [-0.25, -0.2) is 0 Å². The molecule has 16 heteroatoms. The molecule has 0 amide bonds. The van der Waals surface area contributed by atoms with Crippen LogP contribution in [0.25, 0.3) is 0 Å². The van der Waals surface area contributed by atoms with Gasteiger partial charge in [0.15, 0.2) is 0 Å². The molecule has 1 rings (SSSR count). The van der Waals surface area contributed by atoms with Crippen LogP contribution in [-0.2, 0) is 20.2 Å². The van der Waals surface area contributed by atoms with Gasteiger partial charge in [0.1, 0.15) is 11.5 Å². The fraction of sp³-hybridized carbons (Fsp3) is 0.571. The van der Waals surface area contributed by atoms with Crippen LogP contribution >= 0.6 is 0 Å². The normalized spacial score (nSPS) is 14.5. The Kier molecular flexibility index (Phi) is 6.87. The molecule has 0 aliphatic heterocycles. The lowest BCUT2D eigenvalue weighted by atomic mass is 10.3. The standard InChI is InChI=1S/C14H20F6O6S2Si2/c1-29(2,3)11-9(25-27(21,22)13(15,16)17)7-8-10(12(11)30(4,5)6)26-28(23,24)14(18,19)20/h7-8H,1-6H3. The summed E-state index contributed by atoms with van der Waals surface area (Å²) in [6.45, 7) is 9.51. The first-order chi connectivity index (χ1) is 12.9. The number of alkyl halides is 6. The lowest BCUT2D eigenvalue weighted by Crippen LogP contribution is -2.57. The molecule has 0 atom stereocenters. The fourth-order valence-electron chi connectivity index (χ4n) is 2.52. The number of halogens is 6. The highest BCUT2D eigenvalue weighted by Gasteiger charge is 2.51. The van der Waals surface area contributed by atoms with Crippen LogP contribution in [0, 0.1) is 0 Å². The van der Waals surface area contributed by atoms with Gasteiger partial charge >= 0.3 is 31.3 Å². The van der Waals surface area contributed by atoms with Gasteiger partial charge in [-0.05, 0) is 22.5 Å². The molecule has 0 heterocycles. The van der Waals surface area contributed by atoms with E-state index >= 15 is 0 Å². The third-order valence-electron chi connectivity index (χ3n) is 3.59. The highest BCUT2D eigenvalue weighted by Crippen LogP contribution is 2.31. The Hall–Kier alpha value is -1.27. The molecule has 0 unspecified atom stereocenters. The van der Waals surface area contributed by atoms with Crippen molar-refractivity contribution in [2.75, 3.05) is 0 Å². The maximum absolute atomic E-state index is 12.8. The second kappa shape index (κ2) is 7.70. The molecule has 1 aromatic carbocycles. The van der Waals surface area contributed by atoms with Crippen molar-refractivity contribution in [1.29, 1.82) is 0 Å². The summed E-state index contributed by atoms with van der Waals surface area (Å²) in [6.07, 6.45) is 0. The molecule has 1 aromatic rings. The van der Waals surface area contributed by atoms with Gasteiger partial charge < -0.3 is 8.37 Å². The Balaban J connectivity index is 3.93. The second-order valence-corrected chi connectivity index (χ2v) is 21.4. The molecule has 0 aliphatic carbocycles. The molecular formula is C14H20F6O6S2Si2. The molecule has 0 spiro atoms. The monoisotopic (exact) mass is 518 g/mol. The average molecular weight is 519 g/mol. The van der Waals surface area contributed by atoms with Gasteiger partial charge in [0, 0.05) is 0 Å². The van der Waals surface area contributed by atoms with Crippen LogP contribution < -0.4 is 18.7 Å². The van der Waals surface area contributed by atoms with Crippen molar-refractivity contribution in [2.45, 2.75) is 50.3 Å². The minimum atomic E-state index is -6.07. The minimum Gasteiger partial charge on any atom is -0.376 e. The highest BCUT2D eigenvalue weighted by molar-refractivity contribution is 7.88. The summed E-state index contributed by atoms with van der Waals surface area (Å²) in [4.78, 5) is 0. The van der Waals surface area contributed by atoms with Crippen LogP contribution in [0.2, 0.25) is 39.3 Å². The van der Waals surface area contributed by atoms with E-state index in [1.165, 1.54) is 0 Å². The first-order valence-corrected chi connectivity index (χ1v) is 17.9. The van der Waals surface area contributed by atoms with E-state index in [0.717, 1.165) is 0 Å². The van der Waals surface area contributed by atoms with Gasteiger partial charge in [0.2, 0.25) is 0 Å². The first-order valence-electron chi connectivity index (χ1n) is 8.11. The van der Waals surface area contributed by atoms with Crippen molar-refractivity contribution < 1.29 is 51.5 Å². The van der Waals surface area contributed by atoms with E-state index in [0.29, 0.717) is 12.1 Å². The summed E-state index contributed by atoms with van der Waals surface area (Å²) in [5.41, 5.74) is -11.5. The Morgan fingerprint density at radius 2 is 0.867 bits per heavy atom. The molecule has 0 saturated carbocycles. The molecule has 0 aliphatic rings. The van der Waals surface area contributed by atoms with Crippen molar-refractivity contribution in [1.82, 2.24) is 0 Å². The minimum absolute atomic E-state index is 0.0654. The van der Waals surface area contributed by atoms with E-state index in [-0.39, 0.29) is 10.4 Å². The number of hydrogen-bond acceptors (Lipinski definition) is 6. The van der Waals surface area contributed by atoms with Crippen LogP contribution in [0.4, 0.5) is 26.3 Å². The zero-order valence-corrected chi connectivity index (χ0v) is 20.3. The lowest BCUT2D eigenvalue weighted by molar-refractivity contribution is -0.0505. The molecular weight excluding hydrogens is 498 g/mol. The van der Waals surface area contributed by atoms with Crippen LogP contribution in [0.1, 0.15) is 0 Å². The number of benzene rings is 1. The third-order valence-corrected chi connectivity index (χ3v) is 9.77. The predicted molar refractivity (Wildman–Crippen MR) is 104 cm³/mol. The number of rotatable bonds is 6. The molecule has 30 heavy (non-hydrogen) atoms. The summed E-state index contributed by atoms with van der Waals surface area (Å²) < 4.78 is 131. The molecule has 0 aromatic heterocycles. The summed E-state index contributed by atoms with van der Waals surface area (Å²) in [7, 11) is -17.8. The lowest BCUT2D eigenvalue weighted by Gasteiger charge is -2.31. The number of hydrogen-bond donors (Lipinski definition) is 0. The summed E-state index contributed by atoms with van der Waals surface area (Å²) >= 11 is 0. The van der Waals surface area contributed by atoms with Crippen molar-refractivity contribution in [3.05, 3.63) is 12.1 Å². The predicted octanol–water partition coefficient (Wildman–Crippen LogP) is 3.23. The molecule has 0 radical (unpaired) electrons. The van der Waals surface area contributed by atoms with E-state index in [4.69, 9.17) is 0 Å². The van der Waals surface area contributed by atoms with E-state index in [9.17, 15) is 43.2 Å². The summed E-state index contributed by atoms with van der Waals surface area (Å²) in [5.74, 6) is -1.44. The van der Waals surface area contributed by atoms with Crippen molar-refractivity contribution in [3.8, 4) is 11.5 Å². The molecule has 0 bridgehead atoms. The van der Waals surface area contributed by atoms with Gasteiger partial charge in [-0.15, -0.1) is 0 Å². The maximum Gasteiger partial charge on any atom is 0.534 e. The van der Waals surface area contributed by atoms with Crippen LogP contribution in [0.15, 0.2) is 12.1 Å². The van der Waals surface area contributed by atoms with Crippen molar-refractivity contribution in [3.63, 3.8) is 0 Å². The smallest absolute Gasteiger partial charge is 0.376 e. The van der Waals surface area contributed by atoms with Crippen molar-refractivity contribution >= 4 is 46.8 Å². The second-order valence-electron chi connectivity index (χ2n) is 8.28. The SMILES string of the molecule is C[Si](C)(C)c1c(OS(=O)(=O)C(F)(F)F)ccc(OS(=O)(=O)C(F)(F)F)c1[Si](C)(C)C. The Bertz CT molecular complexity index is 936. The summed E-state index contributed by atoms with van der Waals surface area (Å²) in [5, 5.41) is -0.131. The van der Waals surface area contributed by atoms with Crippen LogP contribution in [-0.4, -0.2) is 44.0 Å². The fourth-order valence-corrected chi connectivity index (χ4v) is 9.35. The van der Waals surface area contributed by atoms with Gasteiger partial charge in [-0.3, -0.25) is 0 Å². The topological polar surface area (TPSA) is 86.7 Å². The van der Waals surface area contributed by atoms with E-state index in [2.05, 4.69) is 8.37 Å². The van der Waals surface area contributed by atoms with E-state index in [1.807, 2.05) is 0 Å². The van der Waals surface area contributed by atoms with E-state index < -0.39 is 58.9 Å².